The molecule has 0 aliphatic rings. The van der Waals surface area contributed by atoms with Crippen LogP contribution in [0.5, 0.6) is 5.75 Å². The molecule has 0 aliphatic carbocycles. The molecule has 1 N–H and O–H groups in total. The number of benzene rings is 1. The average Bonchev–Trinajstić information content (AvgIpc) is 2.53. The van der Waals surface area contributed by atoms with E-state index in [0.29, 0.717) is 6.61 Å². The standard InChI is InChI=1S/C17H20N2O2/c1-13-4-3-11-18-17(13)12-21-16-9-7-15(8-10-16)6-5-14(2)19-20/h3-4,7-11,20H,5-6,12H2,1-2H3/b19-14-. The van der Waals surface area contributed by atoms with Crippen molar-refractivity contribution in [1.29, 1.82) is 0 Å². The molecule has 0 amide bonds. The summed E-state index contributed by atoms with van der Waals surface area (Å²) in [6.07, 6.45) is 3.39. The summed E-state index contributed by atoms with van der Waals surface area (Å²) in [5, 5.41) is 11.8. The van der Waals surface area contributed by atoms with Crippen LogP contribution in [0.15, 0.2) is 47.8 Å². The third-order valence-corrected chi connectivity index (χ3v) is 3.36. The van der Waals surface area contributed by atoms with E-state index < -0.39 is 0 Å². The number of aryl methyl sites for hydroxylation is 2. The number of hydrogen-bond acceptors (Lipinski definition) is 4. The van der Waals surface area contributed by atoms with Gasteiger partial charge in [0.2, 0.25) is 0 Å². The van der Waals surface area contributed by atoms with Gasteiger partial charge in [0, 0.05) is 6.20 Å². The molecule has 4 heteroatoms. The van der Waals surface area contributed by atoms with Crippen LogP contribution in [-0.2, 0) is 13.0 Å². The lowest BCUT2D eigenvalue weighted by molar-refractivity contribution is 0.300. The van der Waals surface area contributed by atoms with E-state index in [2.05, 4.69) is 10.1 Å². The normalized spacial score (nSPS) is 11.4. The highest BCUT2D eigenvalue weighted by Crippen LogP contribution is 2.15. The molecule has 0 bridgehead atoms. The molecule has 4 nitrogen and oxygen atoms in total. The van der Waals surface area contributed by atoms with Gasteiger partial charge in [0.05, 0.1) is 11.4 Å². The van der Waals surface area contributed by atoms with Crippen molar-refractivity contribution in [3.8, 4) is 5.75 Å². The van der Waals surface area contributed by atoms with Gasteiger partial charge in [-0.05, 0) is 56.0 Å². The van der Waals surface area contributed by atoms with Gasteiger partial charge in [-0.25, -0.2) is 0 Å². The van der Waals surface area contributed by atoms with Crippen LogP contribution in [0.3, 0.4) is 0 Å². The molecule has 2 aromatic rings. The monoisotopic (exact) mass is 284 g/mol. The predicted octanol–water partition coefficient (Wildman–Crippen LogP) is 3.75. The Morgan fingerprint density at radius 3 is 2.67 bits per heavy atom. The molecule has 1 aromatic carbocycles. The zero-order valence-corrected chi connectivity index (χ0v) is 12.4. The van der Waals surface area contributed by atoms with Crippen molar-refractivity contribution in [2.45, 2.75) is 33.3 Å². The summed E-state index contributed by atoms with van der Waals surface area (Å²) in [4.78, 5) is 4.31. The molecule has 0 saturated heterocycles. The fourth-order valence-electron chi connectivity index (χ4n) is 1.95. The van der Waals surface area contributed by atoms with Crippen LogP contribution in [0.1, 0.15) is 30.2 Å². The average molecular weight is 284 g/mol. The first kappa shape index (κ1) is 15.0. The van der Waals surface area contributed by atoms with Gasteiger partial charge in [-0.1, -0.05) is 23.4 Å². The Bertz CT molecular complexity index is 606. The van der Waals surface area contributed by atoms with Crippen LogP contribution in [-0.4, -0.2) is 15.9 Å². The Kier molecular flexibility index (Phi) is 5.32. The maximum Gasteiger partial charge on any atom is 0.130 e. The molecule has 0 aliphatic heterocycles. The van der Waals surface area contributed by atoms with Crippen molar-refractivity contribution in [2.75, 3.05) is 0 Å². The SMILES string of the molecule is C/C(CCc1ccc(OCc2ncccc2C)cc1)=N/O. The predicted molar refractivity (Wildman–Crippen MR) is 83.0 cm³/mol. The molecular weight excluding hydrogens is 264 g/mol. The van der Waals surface area contributed by atoms with Gasteiger partial charge in [-0.3, -0.25) is 4.98 Å². The summed E-state index contributed by atoms with van der Waals surface area (Å²) >= 11 is 0. The summed E-state index contributed by atoms with van der Waals surface area (Å²) in [5.74, 6) is 0.830. The fraction of sp³-hybridized carbons (Fsp3) is 0.294. The number of aromatic nitrogens is 1. The molecule has 0 atom stereocenters. The van der Waals surface area contributed by atoms with Gasteiger partial charge in [-0.15, -0.1) is 0 Å². The van der Waals surface area contributed by atoms with Gasteiger partial charge in [0.15, 0.2) is 0 Å². The summed E-state index contributed by atoms with van der Waals surface area (Å²) in [6.45, 7) is 4.31. The summed E-state index contributed by atoms with van der Waals surface area (Å²) in [5.41, 5.74) is 4.02. The second-order valence-corrected chi connectivity index (χ2v) is 5.03. The van der Waals surface area contributed by atoms with Crippen molar-refractivity contribution >= 4 is 5.71 Å². The zero-order chi connectivity index (χ0) is 15.1. The van der Waals surface area contributed by atoms with Crippen molar-refractivity contribution in [1.82, 2.24) is 4.98 Å². The van der Waals surface area contributed by atoms with E-state index >= 15 is 0 Å². The lowest BCUT2D eigenvalue weighted by Crippen LogP contribution is -2.00. The highest BCUT2D eigenvalue weighted by Gasteiger charge is 2.01. The van der Waals surface area contributed by atoms with Crippen LogP contribution >= 0.6 is 0 Å². The molecule has 0 fully saturated rings. The molecule has 21 heavy (non-hydrogen) atoms. The first-order valence-corrected chi connectivity index (χ1v) is 6.99. The molecule has 110 valence electrons. The van der Waals surface area contributed by atoms with Gasteiger partial charge in [-0.2, -0.15) is 0 Å². The molecule has 1 heterocycles. The van der Waals surface area contributed by atoms with Gasteiger partial charge in [0.1, 0.15) is 12.4 Å². The molecule has 2 rings (SSSR count). The minimum absolute atomic E-state index is 0.475. The number of nitrogens with zero attached hydrogens (tertiary/aromatic N) is 2. The largest absolute Gasteiger partial charge is 0.487 e. The molecule has 1 aromatic heterocycles. The van der Waals surface area contributed by atoms with Crippen molar-refractivity contribution in [3.63, 3.8) is 0 Å². The first-order chi connectivity index (χ1) is 10.2. The maximum atomic E-state index is 8.62. The number of ether oxygens (including phenoxy) is 1. The number of pyridine rings is 1. The second kappa shape index (κ2) is 7.43. The lowest BCUT2D eigenvalue weighted by atomic mass is 10.1. The van der Waals surface area contributed by atoms with Crippen LogP contribution in [0, 0.1) is 6.92 Å². The van der Waals surface area contributed by atoms with E-state index in [-0.39, 0.29) is 0 Å². The summed E-state index contributed by atoms with van der Waals surface area (Å²) in [7, 11) is 0. The highest BCUT2D eigenvalue weighted by molar-refractivity contribution is 5.81. The Balaban J connectivity index is 1.89. The van der Waals surface area contributed by atoms with Gasteiger partial charge in [0.25, 0.3) is 0 Å². The minimum Gasteiger partial charge on any atom is -0.487 e. The third kappa shape index (κ3) is 4.60. The zero-order valence-electron chi connectivity index (χ0n) is 12.4. The van der Waals surface area contributed by atoms with E-state index in [0.717, 1.165) is 35.6 Å². The molecule has 0 unspecified atom stereocenters. The van der Waals surface area contributed by atoms with Crippen molar-refractivity contribution < 1.29 is 9.94 Å². The molecule has 0 saturated carbocycles. The van der Waals surface area contributed by atoms with E-state index in [1.54, 1.807) is 6.20 Å². The Morgan fingerprint density at radius 1 is 1.24 bits per heavy atom. The van der Waals surface area contributed by atoms with Crippen molar-refractivity contribution in [2.24, 2.45) is 5.16 Å². The minimum atomic E-state index is 0.475. The van der Waals surface area contributed by atoms with Gasteiger partial charge >= 0.3 is 0 Å². The number of oxime groups is 1. The van der Waals surface area contributed by atoms with E-state index in [9.17, 15) is 0 Å². The molecular formula is C17H20N2O2. The van der Waals surface area contributed by atoms with Crippen LogP contribution in [0.2, 0.25) is 0 Å². The van der Waals surface area contributed by atoms with E-state index in [1.807, 2.05) is 50.2 Å². The highest BCUT2D eigenvalue weighted by atomic mass is 16.5. The van der Waals surface area contributed by atoms with Crippen molar-refractivity contribution in [3.05, 3.63) is 59.4 Å². The third-order valence-electron chi connectivity index (χ3n) is 3.36. The smallest absolute Gasteiger partial charge is 0.130 e. The Hall–Kier alpha value is -2.36. The van der Waals surface area contributed by atoms with E-state index in [4.69, 9.17) is 9.94 Å². The molecule has 0 spiro atoms. The van der Waals surface area contributed by atoms with Gasteiger partial charge < -0.3 is 9.94 Å². The fourth-order valence-corrected chi connectivity index (χ4v) is 1.95. The topological polar surface area (TPSA) is 54.7 Å². The number of hydrogen-bond donors (Lipinski definition) is 1. The Labute approximate surface area is 125 Å². The van der Waals surface area contributed by atoms with Crippen LogP contribution < -0.4 is 4.74 Å². The lowest BCUT2D eigenvalue weighted by Gasteiger charge is -2.08. The Morgan fingerprint density at radius 2 is 2.00 bits per heavy atom. The first-order valence-electron chi connectivity index (χ1n) is 6.99. The quantitative estimate of drug-likeness (QED) is 0.499. The summed E-state index contributed by atoms with van der Waals surface area (Å²) in [6, 6.07) is 11.9. The number of rotatable bonds is 6. The summed E-state index contributed by atoms with van der Waals surface area (Å²) < 4.78 is 5.75. The van der Waals surface area contributed by atoms with E-state index in [1.165, 1.54) is 5.56 Å². The van der Waals surface area contributed by atoms with Crippen LogP contribution in [0.25, 0.3) is 0 Å². The maximum absolute atomic E-state index is 8.62. The molecule has 0 radical (unpaired) electrons. The second-order valence-electron chi connectivity index (χ2n) is 5.03. The van der Waals surface area contributed by atoms with Crippen LogP contribution in [0.4, 0.5) is 0 Å².